The van der Waals surface area contributed by atoms with Crippen LogP contribution in [0, 0.1) is 6.92 Å². The number of nitrogens with one attached hydrogen (secondary N) is 1. The number of benzene rings is 2. The molecule has 4 heteroatoms. The summed E-state index contributed by atoms with van der Waals surface area (Å²) in [6.07, 6.45) is 3.86. The molecule has 2 aliphatic heterocycles. The van der Waals surface area contributed by atoms with E-state index in [1.165, 1.54) is 16.7 Å². The third-order valence-electron chi connectivity index (χ3n) is 6.27. The molecule has 0 aliphatic carbocycles. The van der Waals surface area contributed by atoms with Gasteiger partial charge >= 0.3 is 0 Å². The van der Waals surface area contributed by atoms with Crippen molar-refractivity contribution >= 4 is 5.91 Å². The molecule has 0 aromatic heterocycles. The summed E-state index contributed by atoms with van der Waals surface area (Å²) in [7, 11) is 1.74. The van der Waals surface area contributed by atoms with E-state index in [2.05, 4.69) is 65.7 Å². The van der Waals surface area contributed by atoms with Crippen molar-refractivity contribution in [3.63, 3.8) is 0 Å². The Morgan fingerprint density at radius 2 is 1.96 bits per heavy atom. The van der Waals surface area contributed by atoms with Crippen molar-refractivity contribution in [2.24, 2.45) is 0 Å². The lowest BCUT2D eigenvalue weighted by molar-refractivity contribution is -0.122. The van der Waals surface area contributed by atoms with Crippen molar-refractivity contribution in [2.75, 3.05) is 13.7 Å². The molecule has 0 saturated carbocycles. The zero-order valence-electron chi connectivity index (χ0n) is 16.9. The quantitative estimate of drug-likeness (QED) is 0.873. The van der Waals surface area contributed by atoms with Gasteiger partial charge in [0.15, 0.2) is 0 Å². The maximum atomic E-state index is 12.4. The second-order valence-corrected chi connectivity index (χ2v) is 8.17. The second kappa shape index (κ2) is 8.36. The van der Waals surface area contributed by atoms with E-state index < -0.39 is 0 Å². The van der Waals surface area contributed by atoms with Crippen LogP contribution in [0.15, 0.2) is 48.5 Å². The summed E-state index contributed by atoms with van der Waals surface area (Å²) >= 11 is 0. The van der Waals surface area contributed by atoms with Crippen LogP contribution in [0.4, 0.5) is 0 Å². The van der Waals surface area contributed by atoms with Crippen molar-refractivity contribution in [3.8, 4) is 5.75 Å². The van der Waals surface area contributed by atoms with Crippen LogP contribution < -0.4 is 10.1 Å². The Bertz CT molecular complexity index is 821. The highest BCUT2D eigenvalue weighted by Crippen LogP contribution is 2.37. The lowest BCUT2D eigenvalue weighted by atomic mass is 9.88. The third-order valence-corrected chi connectivity index (χ3v) is 6.27. The van der Waals surface area contributed by atoms with Crippen molar-refractivity contribution in [1.82, 2.24) is 10.2 Å². The predicted octanol–water partition coefficient (Wildman–Crippen LogP) is 4.03. The summed E-state index contributed by atoms with van der Waals surface area (Å²) in [4.78, 5) is 15.0. The first-order valence-corrected chi connectivity index (χ1v) is 10.4. The van der Waals surface area contributed by atoms with Crippen LogP contribution >= 0.6 is 0 Å². The van der Waals surface area contributed by atoms with Gasteiger partial charge < -0.3 is 10.1 Å². The summed E-state index contributed by atoms with van der Waals surface area (Å²) < 4.78 is 5.62. The van der Waals surface area contributed by atoms with Gasteiger partial charge in [-0.3, -0.25) is 9.69 Å². The molecule has 2 aliphatic rings. The number of rotatable bonds is 4. The molecule has 0 radical (unpaired) electrons. The molecule has 148 valence electrons. The fourth-order valence-electron chi connectivity index (χ4n) is 4.90. The number of ether oxygens (including phenoxy) is 1. The van der Waals surface area contributed by atoms with Crippen molar-refractivity contribution in [3.05, 3.63) is 65.2 Å². The van der Waals surface area contributed by atoms with Gasteiger partial charge in [0.25, 0.3) is 0 Å². The SMILES string of the molecule is COc1ccc(C)cc1CN1C[C@@H](c2ccccc2)[C@@H]2NC(=O)CCCC[C@H]21. The third kappa shape index (κ3) is 3.93. The summed E-state index contributed by atoms with van der Waals surface area (Å²) in [5, 5.41) is 3.37. The smallest absolute Gasteiger partial charge is 0.220 e. The number of methoxy groups -OCH3 is 1. The van der Waals surface area contributed by atoms with Gasteiger partial charge in [0.1, 0.15) is 5.75 Å². The molecule has 1 N–H and O–H groups in total. The van der Waals surface area contributed by atoms with Crippen LogP contribution in [0.1, 0.15) is 48.3 Å². The number of likely N-dealkylation sites (tertiary alicyclic amines) is 1. The fraction of sp³-hybridized carbons (Fsp3) is 0.458. The number of hydrogen-bond donors (Lipinski definition) is 1. The van der Waals surface area contributed by atoms with Gasteiger partial charge in [0, 0.05) is 37.0 Å². The number of hydrogen-bond acceptors (Lipinski definition) is 3. The molecule has 28 heavy (non-hydrogen) atoms. The van der Waals surface area contributed by atoms with Crippen LogP contribution in [-0.4, -0.2) is 36.5 Å². The van der Waals surface area contributed by atoms with E-state index in [-0.39, 0.29) is 11.9 Å². The first-order chi connectivity index (χ1) is 13.7. The van der Waals surface area contributed by atoms with Crippen molar-refractivity contribution in [1.29, 1.82) is 0 Å². The summed E-state index contributed by atoms with van der Waals surface area (Å²) in [6, 6.07) is 17.6. The number of carbonyl (C=O) groups excluding carboxylic acids is 1. The zero-order valence-corrected chi connectivity index (χ0v) is 16.9. The average Bonchev–Trinajstić information content (AvgIpc) is 3.00. The highest BCUT2D eigenvalue weighted by molar-refractivity contribution is 5.76. The summed E-state index contributed by atoms with van der Waals surface area (Å²) in [6.45, 7) is 3.93. The molecule has 4 nitrogen and oxygen atoms in total. The number of nitrogens with zero attached hydrogens (tertiary/aromatic N) is 1. The largest absolute Gasteiger partial charge is 0.496 e. The Morgan fingerprint density at radius 1 is 1.14 bits per heavy atom. The standard InChI is InChI=1S/C24H30N2O2/c1-17-12-13-22(28-2)19(14-17)15-26-16-20(18-8-4-3-5-9-18)24-21(26)10-6-7-11-23(27)25-24/h3-5,8-9,12-14,20-21,24H,6-7,10-11,15-16H2,1-2H3,(H,25,27)/t20-,21+,24-/m0/s1. The lowest BCUT2D eigenvalue weighted by Gasteiger charge is -2.31. The first-order valence-electron chi connectivity index (χ1n) is 10.4. The first kappa shape index (κ1) is 19.0. The topological polar surface area (TPSA) is 41.6 Å². The van der Waals surface area contributed by atoms with E-state index in [1.54, 1.807) is 7.11 Å². The van der Waals surface area contributed by atoms with Crippen molar-refractivity contribution in [2.45, 2.75) is 57.2 Å². The Labute approximate surface area is 167 Å². The van der Waals surface area contributed by atoms with Gasteiger partial charge in [-0.25, -0.2) is 0 Å². The molecule has 2 aromatic rings. The second-order valence-electron chi connectivity index (χ2n) is 8.17. The number of fused-ring (bicyclic) bond motifs is 1. The van der Waals surface area contributed by atoms with Crippen LogP contribution in [-0.2, 0) is 11.3 Å². The number of carbonyl (C=O) groups is 1. The lowest BCUT2D eigenvalue weighted by Crippen LogP contribution is -2.47. The molecule has 0 unspecified atom stereocenters. The summed E-state index contributed by atoms with van der Waals surface area (Å²) in [5.74, 6) is 1.47. The van der Waals surface area contributed by atoms with Crippen LogP contribution in [0.3, 0.4) is 0 Å². The van der Waals surface area contributed by atoms with E-state index >= 15 is 0 Å². The Morgan fingerprint density at radius 3 is 2.75 bits per heavy atom. The van der Waals surface area contributed by atoms with Crippen LogP contribution in [0.5, 0.6) is 5.75 Å². The highest BCUT2D eigenvalue weighted by Gasteiger charge is 2.43. The van der Waals surface area contributed by atoms with E-state index in [9.17, 15) is 4.79 Å². The van der Waals surface area contributed by atoms with Gasteiger partial charge in [-0.1, -0.05) is 54.4 Å². The molecule has 1 amide bonds. The minimum absolute atomic E-state index is 0.172. The molecule has 2 aromatic carbocycles. The molecular formula is C24H30N2O2. The monoisotopic (exact) mass is 378 g/mol. The fourth-order valence-corrected chi connectivity index (χ4v) is 4.90. The molecule has 3 atom stereocenters. The molecular weight excluding hydrogens is 348 g/mol. The minimum Gasteiger partial charge on any atom is -0.496 e. The number of amides is 1. The Balaban J connectivity index is 1.65. The molecule has 0 spiro atoms. The van der Waals surface area contributed by atoms with Gasteiger partial charge in [-0.05, 0) is 31.4 Å². The molecule has 4 rings (SSSR count). The molecule has 2 fully saturated rings. The maximum absolute atomic E-state index is 12.4. The van der Waals surface area contributed by atoms with E-state index in [0.29, 0.717) is 18.4 Å². The molecule has 2 heterocycles. The highest BCUT2D eigenvalue weighted by atomic mass is 16.5. The minimum atomic E-state index is 0.172. The average molecular weight is 379 g/mol. The van der Waals surface area contributed by atoms with E-state index in [0.717, 1.165) is 38.1 Å². The Kier molecular flexibility index (Phi) is 5.67. The molecule has 0 bridgehead atoms. The van der Waals surface area contributed by atoms with Crippen LogP contribution in [0.25, 0.3) is 0 Å². The molecule has 2 saturated heterocycles. The van der Waals surface area contributed by atoms with Gasteiger partial charge in [-0.2, -0.15) is 0 Å². The normalized spacial score (nSPS) is 25.5. The maximum Gasteiger partial charge on any atom is 0.220 e. The van der Waals surface area contributed by atoms with Crippen LogP contribution in [0.2, 0.25) is 0 Å². The van der Waals surface area contributed by atoms with Gasteiger partial charge in [0.2, 0.25) is 5.91 Å². The zero-order chi connectivity index (χ0) is 19.5. The van der Waals surface area contributed by atoms with Gasteiger partial charge in [0.05, 0.1) is 13.2 Å². The van der Waals surface area contributed by atoms with Crippen molar-refractivity contribution < 1.29 is 9.53 Å². The predicted molar refractivity (Wildman–Crippen MR) is 112 cm³/mol. The van der Waals surface area contributed by atoms with E-state index in [4.69, 9.17) is 4.74 Å². The number of aryl methyl sites for hydroxylation is 1. The summed E-state index contributed by atoms with van der Waals surface area (Å²) in [5.41, 5.74) is 3.79. The Hall–Kier alpha value is -2.33. The van der Waals surface area contributed by atoms with E-state index in [1.807, 2.05) is 0 Å². The van der Waals surface area contributed by atoms with Gasteiger partial charge in [-0.15, -0.1) is 0 Å².